The highest BCUT2D eigenvalue weighted by molar-refractivity contribution is 7.92. The molecule has 2 amide bonds. The fourth-order valence-corrected chi connectivity index (χ4v) is 6.01. The van der Waals surface area contributed by atoms with Gasteiger partial charge in [-0.05, 0) is 75.6 Å². The van der Waals surface area contributed by atoms with Gasteiger partial charge in [0, 0.05) is 12.6 Å². The van der Waals surface area contributed by atoms with Gasteiger partial charge in [-0.25, -0.2) is 8.42 Å². The number of rotatable bonds is 12. The smallest absolute Gasteiger partial charge is 0.264 e. The number of carbonyl (C=O) groups excluding carboxylic acids is 2. The van der Waals surface area contributed by atoms with Crippen LogP contribution in [0.15, 0.2) is 71.6 Å². The molecule has 0 bridgehead atoms. The van der Waals surface area contributed by atoms with E-state index in [1.165, 1.54) is 17.0 Å². The van der Waals surface area contributed by atoms with E-state index in [0.29, 0.717) is 27.7 Å². The largest absolute Gasteiger partial charge is 0.352 e. The molecule has 0 unspecified atom stereocenters. The summed E-state index contributed by atoms with van der Waals surface area (Å²) in [6.45, 7) is 8.96. The number of carbonyl (C=O) groups is 2. The topological polar surface area (TPSA) is 86.8 Å². The molecule has 0 saturated carbocycles. The lowest BCUT2D eigenvalue weighted by Gasteiger charge is -2.33. The maximum Gasteiger partial charge on any atom is 0.264 e. The third-order valence-corrected chi connectivity index (χ3v) is 9.46. The molecule has 0 aromatic heterocycles. The number of hydrogen-bond acceptors (Lipinski definition) is 4. The second kappa shape index (κ2) is 14.2. The predicted molar refractivity (Wildman–Crippen MR) is 166 cm³/mol. The van der Waals surface area contributed by atoms with Crippen molar-refractivity contribution in [3.8, 4) is 0 Å². The van der Waals surface area contributed by atoms with Crippen LogP contribution in [0, 0.1) is 13.8 Å². The SMILES string of the molecule is CC[C@H](C)NC(=O)[C@H](CC)N(Cc1ccc(Cl)c(Cl)c1)C(=O)CN(c1ccc(C)cc1)S(=O)(=O)c1ccc(C)cc1. The van der Waals surface area contributed by atoms with Crippen LogP contribution in [-0.4, -0.2) is 43.8 Å². The summed E-state index contributed by atoms with van der Waals surface area (Å²) in [5, 5.41) is 3.64. The Kier molecular flexibility index (Phi) is 11.2. The van der Waals surface area contributed by atoms with E-state index >= 15 is 0 Å². The third kappa shape index (κ3) is 8.24. The molecule has 41 heavy (non-hydrogen) atoms. The number of halogens is 2. The van der Waals surface area contributed by atoms with Crippen LogP contribution in [0.4, 0.5) is 5.69 Å². The Morgan fingerprint density at radius 1 is 0.854 bits per heavy atom. The van der Waals surface area contributed by atoms with Crippen LogP contribution in [0.5, 0.6) is 0 Å². The number of benzene rings is 3. The van der Waals surface area contributed by atoms with Crippen molar-refractivity contribution >= 4 is 50.7 Å². The van der Waals surface area contributed by atoms with Gasteiger partial charge in [-0.15, -0.1) is 0 Å². The average Bonchev–Trinajstić information content (AvgIpc) is 2.94. The van der Waals surface area contributed by atoms with Crippen molar-refractivity contribution in [1.82, 2.24) is 10.2 Å². The first-order chi connectivity index (χ1) is 19.4. The van der Waals surface area contributed by atoms with E-state index in [9.17, 15) is 18.0 Å². The van der Waals surface area contributed by atoms with Crippen LogP contribution in [0.1, 0.15) is 50.3 Å². The van der Waals surface area contributed by atoms with Crippen LogP contribution >= 0.6 is 23.2 Å². The molecule has 0 radical (unpaired) electrons. The van der Waals surface area contributed by atoms with Gasteiger partial charge >= 0.3 is 0 Å². The summed E-state index contributed by atoms with van der Waals surface area (Å²) >= 11 is 12.4. The normalized spacial score (nSPS) is 12.9. The molecule has 3 aromatic carbocycles. The van der Waals surface area contributed by atoms with Crippen molar-refractivity contribution in [3.05, 3.63) is 93.5 Å². The monoisotopic (exact) mass is 617 g/mol. The lowest BCUT2D eigenvalue weighted by Crippen LogP contribution is -2.53. The van der Waals surface area contributed by atoms with Gasteiger partial charge in [0.25, 0.3) is 10.0 Å². The quantitative estimate of drug-likeness (QED) is 0.250. The molecule has 0 aliphatic carbocycles. The standard InChI is InChI=1S/C31H37Cl2N3O4S/c1-6-23(5)34-31(38)29(7-2)35(19-24-12-17-27(32)28(33)18-24)30(37)20-36(25-13-8-21(3)9-14-25)41(39,40)26-15-10-22(4)11-16-26/h8-18,23,29H,6-7,19-20H2,1-5H3,(H,34,38)/t23-,29-/m0/s1. The highest BCUT2D eigenvalue weighted by Crippen LogP contribution is 2.27. The molecule has 2 atom stereocenters. The lowest BCUT2D eigenvalue weighted by molar-refractivity contribution is -0.140. The average molecular weight is 619 g/mol. The van der Waals surface area contributed by atoms with Gasteiger partial charge in [-0.1, -0.05) is 78.5 Å². The number of hydrogen-bond donors (Lipinski definition) is 1. The third-order valence-electron chi connectivity index (χ3n) is 6.93. The molecule has 0 saturated heterocycles. The van der Waals surface area contributed by atoms with E-state index < -0.39 is 28.5 Å². The van der Waals surface area contributed by atoms with Crippen LogP contribution < -0.4 is 9.62 Å². The first-order valence-electron chi connectivity index (χ1n) is 13.6. The summed E-state index contributed by atoms with van der Waals surface area (Å²) in [5.74, 6) is -0.836. The Morgan fingerprint density at radius 2 is 1.44 bits per heavy atom. The molecule has 10 heteroatoms. The number of sulfonamides is 1. The molecule has 0 fully saturated rings. The minimum absolute atomic E-state index is 0.0362. The molecule has 7 nitrogen and oxygen atoms in total. The van der Waals surface area contributed by atoms with E-state index in [0.717, 1.165) is 21.9 Å². The van der Waals surface area contributed by atoms with Gasteiger partial charge in [-0.2, -0.15) is 0 Å². The summed E-state index contributed by atoms with van der Waals surface area (Å²) in [6, 6.07) is 17.5. The molecule has 0 heterocycles. The zero-order chi connectivity index (χ0) is 30.3. The van der Waals surface area contributed by atoms with Crippen molar-refractivity contribution in [2.75, 3.05) is 10.8 Å². The van der Waals surface area contributed by atoms with E-state index in [4.69, 9.17) is 23.2 Å². The number of aryl methyl sites for hydroxylation is 2. The molecule has 3 rings (SSSR count). The number of amides is 2. The minimum atomic E-state index is -4.13. The highest BCUT2D eigenvalue weighted by atomic mass is 35.5. The molecule has 3 aromatic rings. The van der Waals surface area contributed by atoms with Crippen LogP contribution in [0.25, 0.3) is 0 Å². The van der Waals surface area contributed by atoms with Crippen molar-refractivity contribution in [3.63, 3.8) is 0 Å². The van der Waals surface area contributed by atoms with E-state index in [-0.39, 0.29) is 23.4 Å². The van der Waals surface area contributed by atoms with Crippen LogP contribution in [0.3, 0.4) is 0 Å². The fraction of sp³-hybridized carbons (Fsp3) is 0.355. The fourth-order valence-electron chi connectivity index (χ4n) is 4.27. The molecule has 220 valence electrons. The Bertz CT molecular complexity index is 1460. The van der Waals surface area contributed by atoms with Crippen LogP contribution in [-0.2, 0) is 26.2 Å². The second-order valence-electron chi connectivity index (χ2n) is 10.2. The van der Waals surface area contributed by atoms with Crippen molar-refractivity contribution in [1.29, 1.82) is 0 Å². The van der Waals surface area contributed by atoms with Gasteiger partial charge in [0.15, 0.2) is 0 Å². The van der Waals surface area contributed by atoms with Gasteiger partial charge in [0.1, 0.15) is 12.6 Å². The lowest BCUT2D eigenvalue weighted by atomic mass is 10.1. The summed E-state index contributed by atoms with van der Waals surface area (Å²) in [5.41, 5.74) is 2.86. The van der Waals surface area contributed by atoms with E-state index in [1.54, 1.807) is 54.6 Å². The van der Waals surface area contributed by atoms with E-state index in [1.807, 2.05) is 34.6 Å². The Morgan fingerprint density at radius 3 is 1.98 bits per heavy atom. The predicted octanol–water partition coefficient (Wildman–Crippen LogP) is 6.53. The number of anilines is 1. The summed E-state index contributed by atoms with van der Waals surface area (Å²) < 4.78 is 29.0. The van der Waals surface area contributed by atoms with Gasteiger partial charge < -0.3 is 10.2 Å². The number of nitrogens with zero attached hydrogens (tertiary/aromatic N) is 2. The highest BCUT2D eigenvalue weighted by Gasteiger charge is 2.34. The molecular weight excluding hydrogens is 581 g/mol. The molecule has 0 aliphatic rings. The van der Waals surface area contributed by atoms with Crippen molar-refractivity contribution < 1.29 is 18.0 Å². The van der Waals surface area contributed by atoms with Gasteiger partial charge in [-0.3, -0.25) is 13.9 Å². The zero-order valence-corrected chi connectivity index (χ0v) is 26.4. The Hall–Kier alpha value is -3.07. The van der Waals surface area contributed by atoms with Gasteiger partial charge in [0.2, 0.25) is 11.8 Å². The first-order valence-corrected chi connectivity index (χ1v) is 15.8. The number of nitrogens with one attached hydrogen (secondary N) is 1. The zero-order valence-electron chi connectivity index (χ0n) is 24.0. The van der Waals surface area contributed by atoms with E-state index in [2.05, 4.69) is 5.32 Å². The van der Waals surface area contributed by atoms with Crippen molar-refractivity contribution in [2.45, 2.75) is 71.0 Å². The van der Waals surface area contributed by atoms with Crippen LogP contribution in [0.2, 0.25) is 10.0 Å². The molecule has 0 aliphatic heterocycles. The molecule has 0 spiro atoms. The summed E-state index contributed by atoms with van der Waals surface area (Å²) in [6.07, 6.45) is 1.05. The first kappa shape index (κ1) is 32.4. The summed E-state index contributed by atoms with van der Waals surface area (Å²) in [4.78, 5) is 29.0. The summed E-state index contributed by atoms with van der Waals surface area (Å²) in [7, 11) is -4.13. The van der Waals surface area contributed by atoms with Crippen molar-refractivity contribution in [2.24, 2.45) is 0 Å². The Balaban J connectivity index is 2.07. The maximum absolute atomic E-state index is 14.1. The molecule has 1 N–H and O–H groups in total. The molecular formula is C31H37Cl2N3O4S. The second-order valence-corrected chi connectivity index (χ2v) is 12.8. The minimum Gasteiger partial charge on any atom is -0.352 e. The Labute approximate surface area is 253 Å². The van der Waals surface area contributed by atoms with Gasteiger partial charge in [0.05, 0.1) is 20.6 Å². The maximum atomic E-state index is 14.1.